The molecule has 0 spiro atoms. The predicted molar refractivity (Wildman–Crippen MR) is 61.1 cm³/mol. The smallest absolute Gasteiger partial charge is 0.220 e. The number of ether oxygens (including phenoxy) is 2. The van der Waals surface area contributed by atoms with Gasteiger partial charge >= 0.3 is 0 Å². The molecular formula is C11H22N2O3. The van der Waals surface area contributed by atoms with Crippen molar-refractivity contribution in [2.75, 3.05) is 26.3 Å². The van der Waals surface area contributed by atoms with Gasteiger partial charge in [-0.2, -0.15) is 0 Å². The summed E-state index contributed by atoms with van der Waals surface area (Å²) in [7, 11) is 0. The lowest BCUT2D eigenvalue weighted by atomic mass is 10.1. The first-order chi connectivity index (χ1) is 7.76. The van der Waals surface area contributed by atoms with Crippen LogP contribution in [0, 0.1) is 0 Å². The Morgan fingerprint density at radius 1 is 1.44 bits per heavy atom. The number of nitrogens with one attached hydrogen (secondary N) is 2. The van der Waals surface area contributed by atoms with Crippen LogP contribution in [-0.2, 0) is 14.3 Å². The zero-order chi connectivity index (χ0) is 11.8. The van der Waals surface area contributed by atoms with Crippen LogP contribution >= 0.6 is 0 Å². The van der Waals surface area contributed by atoms with Crippen molar-refractivity contribution in [3.63, 3.8) is 0 Å². The lowest BCUT2D eigenvalue weighted by molar-refractivity contribution is -0.134. The fourth-order valence-corrected chi connectivity index (χ4v) is 1.71. The second-order valence-electron chi connectivity index (χ2n) is 3.79. The number of hydrogen-bond acceptors (Lipinski definition) is 4. The molecule has 1 atom stereocenters. The molecule has 1 amide bonds. The Balaban J connectivity index is 2.18. The maximum absolute atomic E-state index is 11.0. The van der Waals surface area contributed by atoms with E-state index >= 15 is 0 Å². The quantitative estimate of drug-likeness (QED) is 0.616. The minimum atomic E-state index is -0.187. The summed E-state index contributed by atoms with van der Waals surface area (Å²) in [6.07, 6.45) is 1.30. The molecule has 0 bridgehead atoms. The summed E-state index contributed by atoms with van der Waals surface area (Å²) in [5, 5.41) is 6.18. The van der Waals surface area contributed by atoms with E-state index in [9.17, 15) is 4.79 Å². The molecule has 1 aliphatic rings. The highest BCUT2D eigenvalue weighted by molar-refractivity contribution is 5.76. The SMILES string of the molecule is CCOC(CNC1CCC(=O)NC1)OCC. The number of hydrogen-bond donors (Lipinski definition) is 2. The van der Waals surface area contributed by atoms with Gasteiger partial charge in [0, 0.05) is 38.8 Å². The Hall–Kier alpha value is -0.650. The van der Waals surface area contributed by atoms with Gasteiger partial charge in [-0.3, -0.25) is 4.79 Å². The molecule has 1 unspecified atom stereocenters. The molecule has 0 aromatic heterocycles. The molecule has 0 saturated carbocycles. The van der Waals surface area contributed by atoms with Crippen molar-refractivity contribution in [3.8, 4) is 0 Å². The Kier molecular flexibility index (Phi) is 6.37. The van der Waals surface area contributed by atoms with Gasteiger partial charge < -0.3 is 20.1 Å². The summed E-state index contributed by atoms with van der Waals surface area (Å²) in [6.45, 7) is 6.56. The topological polar surface area (TPSA) is 59.6 Å². The zero-order valence-corrected chi connectivity index (χ0v) is 10.1. The van der Waals surface area contributed by atoms with Crippen molar-refractivity contribution in [1.82, 2.24) is 10.6 Å². The minimum absolute atomic E-state index is 0.143. The molecule has 5 nitrogen and oxygen atoms in total. The third kappa shape index (κ3) is 4.92. The highest BCUT2D eigenvalue weighted by Gasteiger charge is 2.18. The van der Waals surface area contributed by atoms with Gasteiger partial charge in [-0.15, -0.1) is 0 Å². The lowest BCUT2D eigenvalue weighted by Gasteiger charge is -2.26. The Labute approximate surface area is 96.9 Å². The number of piperidine rings is 1. The fourth-order valence-electron chi connectivity index (χ4n) is 1.71. The highest BCUT2D eigenvalue weighted by Crippen LogP contribution is 2.03. The van der Waals surface area contributed by atoms with Crippen LogP contribution in [0.4, 0.5) is 0 Å². The van der Waals surface area contributed by atoms with Gasteiger partial charge in [-0.25, -0.2) is 0 Å². The predicted octanol–water partition coefficient (Wildman–Crippen LogP) is 0.254. The van der Waals surface area contributed by atoms with Crippen LogP contribution in [0.2, 0.25) is 0 Å². The molecular weight excluding hydrogens is 208 g/mol. The van der Waals surface area contributed by atoms with Gasteiger partial charge in [-0.1, -0.05) is 0 Å². The first-order valence-corrected chi connectivity index (χ1v) is 5.99. The number of carbonyl (C=O) groups is 1. The van der Waals surface area contributed by atoms with E-state index in [0.717, 1.165) is 6.42 Å². The lowest BCUT2D eigenvalue weighted by Crippen LogP contribution is -2.48. The maximum Gasteiger partial charge on any atom is 0.220 e. The van der Waals surface area contributed by atoms with Crippen LogP contribution in [0.15, 0.2) is 0 Å². The molecule has 2 N–H and O–H groups in total. The van der Waals surface area contributed by atoms with E-state index < -0.39 is 0 Å². The van der Waals surface area contributed by atoms with Gasteiger partial charge in [0.15, 0.2) is 6.29 Å². The monoisotopic (exact) mass is 230 g/mol. The molecule has 1 heterocycles. The molecule has 0 aromatic rings. The standard InChI is InChI=1S/C11H22N2O3/c1-3-15-11(16-4-2)8-12-9-5-6-10(14)13-7-9/h9,11-12H,3-8H2,1-2H3,(H,13,14). The zero-order valence-electron chi connectivity index (χ0n) is 10.1. The van der Waals surface area contributed by atoms with Crippen molar-refractivity contribution in [1.29, 1.82) is 0 Å². The van der Waals surface area contributed by atoms with E-state index in [2.05, 4.69) is 10.6 Å². The molecule has 0 aliphatic carbocycles. The highest BCUT2D eigenvalue weighted by atomic mass is 16.7. The first kappa shape index (κ1) is 13.4. The third-order valence-corrected chi connectivity index (χ3v) is 2.54. The van der Waals surface area contributed by atoms with Crippen molar-refractivity contribution < 1.29 is 14.3 Å². The van der Waals surface area contributed by atoms with Gasteiger partial charge in [0.05, 0.1) is 0 Å². The van der Waals surface area contributed by atoms with Crippen LogP contribution in [0.5, 0.6) is 0 Å². The summed E-state index contributed by atoms with van der Waals surface area (Å²) >= 11 is 0. The normalized spacial score (nSPS) is 21.2. The second kappa shape index (κ2) is 7.60. The van der Waals surface area contributed by atoms with Crippen LogP contribution in [0.3, 0.4) is 0 Å². The van der Waals surface area contributed by atoms with E-state index in [1.54, 1.807) is 0 Å². The average molecular weight is 230 g/mol. The molecule has 1 rings (SSSR count). The number of rotatable bonds is 7. The molecule has 5 heteroatoms. The molecule has 16 heavy (non-hydrogen) atoms. The summed E-state index contributed by atoms with van der Waals surface area (Å²) in [5.41, 5.74) is 0. The fraction of sp³-hybridized carbons (Fsp3) is 0.909. The largest absolute Gasteiger partial charge is 0.355 e. The maximum atomic E-state index is 11.0. The van der Waals surface area contributed by atoms with Crippen LogP contribution in [-0.4, -0.2) is 44.5 Å². The van der Waals surface area contributed by atoms with Gasteiger partial charge in [0.1, 0.15) is 0 Å². The summed E-state index contributed by atoms with van der Waals surface area (Å²) in [5.74, 6) is 0.143. The molecule has 0 radical (unpaired) electrons. The Morgan fingerprint density at radius 3 is 2.62 bits per heavy atom. The van der Waals surface area contributed by atoms with E-state index in [1.807, 2.05) is 13.8 Å². The van der Waals surface area contributed by atoms with E-state index in [0.29, 0.717) is 38.8 Å². The Morgan fingerprint density at radius 2 is 2.12 bits per heavy atom. The van der Waals surface area contributed by atoms with E-state index in [4.69, 9.17) is 9.47 Å². The molecule has 1 aliphatic heterocycles. The van der Waals surface area contributed by atoms with Crippen molar-refractivity contribution in [3.05, 3.63) is 0 Å². The number of carbonyl (C=O) groups excluding carboxylic acids is 1. The summed E-state index contributed by atoms with van der Waals surface area (Å²) < 4.78 is 10.8. The van der Waals surface area contributed by atoms with Crippen molar-refractivity contribution in [2.45, 2.75) is 39.0 Å². The van der Waals surface area contributed by atoms with Gasteiger partial charge in [-0.05, 0) is 20.3 Å². The average Bonchev–Trinajstić information content (AvgIpc) is 2.29. The molecule has 0 aromatic carbocycles. The summed E-state index contributed by atoms with van der Waals surface area (Å²) in [4.78, 5) is 11.0. The molecule has 1 saturated heterocycles. The minimum Gasteiger partial charge on any atom is -0.355 e. The van der Waals surface area contributed by atoms with Crippen molar-refractivity contribution >= 4 is 5.91 Å². The van der Waals surface area contributed by atoms with Crippen LogP contribution in [0.1, 0.15) is 26.7 Å². The van der Waals surface area contributed by atoms with Gasteiger partial charge in [0.25, 0.3) is 0 Å². The first-order valence-electron chi connectivity index (χ1n) is 5.99. The van der Waals surface area contributed by atoms with Crippen molar-refractivity contribution in [2.24, 2.45) is 0 Å². The van der Waals surface area contributed by atoms with E-state index in [-0.39, 0.29) is 12.2 Å². The van der Waals surface area contributed by atoms with Gasteiger partial charge in [0.2, 0.25) is 5.91 Å². The summed E-state index contributed by atoms with van der Waals surface area (Å²) in [6, 6.07) is 0.334. The van der Waals surface area contributed by atoms with Crippen LogP contribution in [0.25, 0.3) is 0 Å². The van der Waals surface area contributed by atoms with Crippen LogP contribution < -0.4 is 10.6 Å². The molecule has 94 valence electrons. The van der Waals surface area contributed by atoms with E-state index in [1.165, 1.54) is 0 Å². The molecule has 1 fully saturated rings. The number of amides is 1. The second-order valence-corrected chi connectivity index (χ2v) is 3.79. The Bertz CT molecular complexity index is 195. The third-order valence-electron chi connectivity index (χ3n) is 2.54.